The second-order valence-corrected chi connectivity index (χ2v) is 4.99. The highest BCUT2D eigenvalue weighted by Crippen LogP contribution is 2.25. The lowest BCUT2D eigenvalue weighted by atomic mass is 10.2. The lowest BCUT2D eigenvalue weighted by Crippen LogP contribution is -2.30. The fraction of sp³-hybridized carbons (Fsp3) is 0.455. The van der Waals surface area contributed by atoms with Crippen LogP contribution in [0.5, 0.6) is 0 Å². The molecule has 1 aromatic rings. The number of thiophene rings is 1. The highest BCUT2D eigenvalue weighted by molar-refractivity contribution is 7.14. The first-order chi connectivity index (χ1) is 8.61. The highest BCUT2D eigenvalue weighted by Gasteiger charge is 2.30. The Morgan fingerprint density at radius 2 is 2.28 bits per heavy atom. The summed E-state index contributed by atoms with van der Waals surface area (Å²) in [4.78, 5) is 23.0. The minimum Gasteiger partial charge on any atom is -0.366 e. The van der Waals surface area contributed by atoms with Crippen LogP contribution in [0.4, 0.5) is 5.00 Å². The molecule has 0 saturated carbocycles. The summed E-state index contributed by atoms with van der Waals surface area (Å²) in [5, 5.41) is 4.84. The van der Waals surface area contributed by atoms with Gasteiger partial charge in [0.2, 0.25) is 0 Å². The third-order valence-electron chi connectivity index (χ3n) is 2.83. The molecule has 0 bridgehead atoms. The monoisotopic (exact) mass is 269 g/mol. The van der Waals surface area contributed by atoms with E-state index in [1.807, 2.05) is 0 Å². The molecule has 98 valence electrons. The van der Waals surface area contributed by atoms with Crippen molar-refractivity contribution >= 4 is 28.2 Å². The van der Waals surface area contributed by atoms with Crippen LogP contribution in [0.3, 0.4) is 0 Å². The van der Waals surface area contributed by atoms with E-state index in [9.17, 15) is 9.59 Å². The molecule has 0 aliphatic carbocycles. The molecule has 2 atom stereocenters. The molecule has 0 spiro atoms. The normalized spacial score (nSPS) is 22.9. The van der Waals surface area contributed by atoms with E-state index in [1.165, 1.54) is 11.3 Å². The first kappa shape index (κ1) is 13.0. The Morgan fingerprint density at radius 3 is 2.89 bits per heavy atom. The molecule has 1 aliphatic heterocycles. The summed E-state index contributed by atoms with van der Waals surface area (Å²) in [6, 6.07) is 1.58. The molecule has 1 aliphatic rings. The lowest BCUT2D eigenvalue weighted by molar-refractivity contribution is -0.126. The molecular weight excluding hydrogens is 254 g/mol. The summed E-state index contributed by atoms with van der Waals surface area (Å²) in [5.41, 5.74) is 11.0. The zero-order valence-corrected chi connectivity index (χ0v) is 10.5. The summed E-state index contributed by atoms with van der Waals surface area (Å²) in [5.74, 6) is -0.811. The number of carbonyl (C=O) groups is 2. The van der Waals surface area contributed by atoms with Crippen molar-refractivity contribution in [1.82, 2.24) is 0 Å². The second kappa shape index (κ2) is 5.47. The minimum absolute atomic E-state index is 0.0558. The minimum atomic E-state index is -0.557. The molecule has 2 heterocycles. The average Bonchev–Trinajstić information content (AvgIpc) is 2.96. The van der Waals surface area contributed by atoms with Gasteiger partial charge in [-0.15, -0.1) is 11.3 Å². The van der Waals surface area contributed by atoms with E-state index in [2.05, 4.69) is 5.32 Å². The van der Waals surface area contributed by atoms with Gasteiger partial charge in [0.15, 0.2) is 0 Å². The van der Waals surface area contributed by atoms with Gasteiger partial charge in [-0.05, 0) is 24.3 Å². The van der Waals surface area contributed by atoms with Gasteiger partial charge in [0.1, 0.15) is 11.1 Å². The number of primary amides is 1. The summed E-state index contributed by atoms with van der Waals surface area (Å²) in [6.07, 6.45) is 0.869. The van der Waals surface area contributed by atoms with Gasteiger partial charge in [-0.1, -0.05) is 0 Å². The number of amides is 2. The van der Waals surface area contributed by atoms with Crippen molar-refractivity contribution in [3.05, 3.63) is 17.0 Å². The van der Waals surface area contributed by atoms with Crippen LogP contribution in [0, 0.1) is 0 Å². The van der Waals surface area contributed by atoms with Crippen LogP contribution in [0.25, 0.3) is 0 Å². The molecule has 0 aromatic carbocycles. The van der Waals surface area contributed by atoms with Crippen molar-refractivity contribution in [2.24, 2.45) is 11.5 Å². The van der Waals surface area contributed by atoms with Crippen molar-refractivity contribution < 1.29 is 14.3 Å². The van der Waals surface area contributed by atoms with Crippen molar-refractivity contribution in [1.29, 1.82) is 0 Å². The zero-order chi connectivity index (χ0) is 13.1. The van der Waals surface area contributed by atoms with Gasteiger partial charge < -0.3 is 21.5 Å². The maximum atomic E-state index is 11.9. The zero-order valence-electron chi connectivity index (χ0n) is 9.72. The highest BCUT2D eigenvalue weighted by atomic mass is 32.1. The molecule has 6 nitrogen and oxygen atoms in total. The summed E-state index contributed by atoms with van der Waals surface area (Å²) in [7, 11) is 0. The van der Waals surface area contributed by atoms with E-state index in [0.717, 1.165) is 6.42 Å². The quantitative estimate of drug-likeness (QED) is 0.730. The van der Waals surface area contributed by atoms with Gasteiger partial charge in [0.05, 0.1) is 11.7 Å². The average molecular weight is 269 g/mol. The van der Waals surface area contributed by atoms with E-state index in [-0.39, 0.29) is 12.0 Å². The first-order valence-corrected chi connectivity index (χ1v) is 6.53. The Kier molecular flexibility index (Phi) is 3.95. The van der Waals surface area contributed by atoms with Crippen LogP contribution in [-0.4, -0.2) is 30.6 Å². The Labute approximate surface area is 108 Å². The number of ether oxygens (including phenoxy) is 1. The van der Waals surface area contributed by atoms with Crippen LogP contribution >= 0.6 is 11.3 Å². The molecular formula is C11H15N3O3S. The SMILES string of the molecule is NCC1CCC(C(=O)Nc2sccc2C(N)=O)O1. The molecule has 7 heteroatoms. The predicted octanol–water partition coefficient (Wildman–Crippen LogP) is 0.292. The Balaban J connectivity index is 1.99. The third-order valence-corrected chi connectivity index (χ3v) is 3.66. The molecule has 1 aromatic heterocycles. The largest absolute Gasteiger partial charge is 0.366 e. The molecule has 0 radical (unpaired) electrons. The smallest absolute Gasteiger partial charge is 0.254 e. The van der Waals surface area contributed by atoms with E-state index in [1.54, 1.807) is 11.4 Å². The molecule has 18 heavy (non-hydrogen) atoms. The van der Waals surface area contributed by atoms with E-state index in [0.29, 0.717) is 23.5 Å². The summed E-state index contributed by atoms with van der Waals surface area (Å²) in [6.45, 7) is 0.412. The van der Waals surface area contributed by atoms with Crippen molar-refractivity contribution in [2.75, 3.05) is 11.9 Å². The van der Waals surface area contributed by atoms with Gasteiger partial charge in [-0.3, -0.25) is 9.59 Å². The van der Waals surface area contributed by atoms with Crippen molar-refractivity contribution in [3.63, 3.8) is 0 Å². The lowest BCUT2D eigenvalue weighted by Gasteiger charge is -2.12. The van der Waals surface area contributed by atoms with Crippen LogP contribution in [0.2, 0.25) is 0 Å². The first-order valence-electron chi connectivity index (χ1n) is 5.65. The number of hydrogen-bond acceptors (Lipinski definition) is 5. The molecule has 1 fully saturated rings. The Bertz CT molecular complexity index is 460. The molecule has 2 rings (SSSR count). The van der Waals surface area contributed by atoms with Gasteiger partial charge in [0, 0.05) is 6.54 Å². The number of nitrogens with two attached hydrogens (primary N) is 2. The molecule has 2 amide bonds. The molecule has 1 saturated heterocycles. The number of carbonyl (C=O) groups excluding carboxylic acids is 2. The number of nitrogens with one attached hydrogen (secondary N) is 1. The fourth-order valence-electron chi connectivity index (χ4n) is 1.86. The third kappa shape index (κ3) is 2.69. The van der Waals surface area contributed by atoms with Crippen molar-refractivity contribution in [3.8, 4) is 0 Å². The van der Waals surface area contributed by atoms with Gasteiger partial charge in [0.25, 0.3) is 11.8 Å². The molecule has 2 unspecified atom stereocenters. The standard InChI is InChI=1S/C11H15N3O3S/c12-5-6-1-2-8(17-6)10(16)14-11-7(9(13)15)3-4-18-11/h3-4,6,8H,1-2,5,12H2,(H2,13,15)(H,14,16). The van der Waals surface area contributed by atoms with Crippen LogP contribution in [0.15, 0.2) is 11.4 Å². The summed E-state index contributed by atoms with van der Waals surface area (Å²) < 4.78 is 5.47. The number of hydrogen-bond donors (Lipinski definition) is 3. The van der Waals surface area contributed by atoms with Crippen molar-refractivity contribution in [2.45, 2.75) is 25.0 Å². The Morgan fingerprint density at radius 1 is 1.50 bits per heavy atom. The van der Waals surface area contributed by atoms with E-state index < -0.39 is 12.0 Å². The second-order valence-electron chi connectivity index (χ2n) is 4.08. The topological polar surface area (TPSA) is 107 Å². The fourth-order valence-corrected chi connectivity index (χ4v) is 2.66. The maximum Gasteiger partial charge on any atom is 0.254 e. The van der Waals surface area contributed by atoms with Crippen LogP contribution in [-0.2, 0) is 9.53 Å². The number of rotatable bonds is 4. The van der Waals surface area contributed by atoms with Gasteiger partial charge in [-0.25, -0.2) is 0 Å². The number of anilines is 1. The van der Waals surface area contributed by atoms with E-state index >= 15 is 0 Å². The van der Waals surface area contributed by atoms with Crippen LogP contribution in [0.1, 0.15) is 23.2 Å². The Hall–Kier alpha value is -1.44. The predicted molar refractivity (Wildman–Crippen MR) is 68.4 cm³/mol. The molecule has 5 N–H and O–H groups in total. The summed E-state index contributed by atoms with van der Waals surface area (Å²) >= 11 is 1.26. The maximum absolute atomic E-state index is 11.9. The van der Waals surface area contributed by atoms with Crippen LogP contribution < -0.4 is 16.8 Å². The van der Waals surface area contributed by atoms with Gasteiger partial charge >= 0.3 is 0 Å². The van der Waals surface area contributed by atoms with Gasteiger partial charge in [-0.2, -0.15) is 0 Å². The van der Waals surface area contributed by atoms with E-state index in [4.69, 9.17) is 16.2 Å².